The Balaban J connectivity index is 1.91. The second-order valence-corrected chi connectivity index (χ2v) is 8.13. The number of Topliss-reactive ketones (excluding diaryl/α,β-unsaturated/α-hetero) is 1. The highest BCUT2D eigenvalue weighted by Crippen LogP contribution is 2.33. The van der Waals surface area contributed by atoms with Gasteiger partial charge in [0.05, 0.1) is 20.3 Å². The molecule has 0 fully saturated rings. The van der Waals surface area contributed by atoms with E-state index in [9.17, 15) is 4.79 Å². The average Bonchev–Trinajstić information content (AvgIpc) is 2.74. The van der Waals surface area contributed by atoms with Gasteiger partial charge in [0.25, 0.3) is 0 Å². The molecule has 1 unspecified atom stereocenters. The lowest BCUT2D eigenvalue weighted by atomic mass is 9.97. The molecule has 3 aromatic rings. The Bertz CT molecular complexity index is 974. The van der Waals surface area contributed by atoms with E-state index in [1.54, 1.807) is 38.5 Å². The summed E-state index contributed by atoms with van der Waals surface area (Å²) >= 11 is 8.22. The Kier molecular flexibility index (Phi) is 7.39. The minimum absolute atomic E-state index is 0.0273. The quantitative estimate of drug-likeness (QED) is 0.276. The minimum Gasteiger partial charge on any atom is -0.493 e. The topological polar surface area (TPSA) is 47.6 Å². The molecule has 6 heteroatoms. The largest absolute Gasteiger partial charge is 0.493 e. The number of rotatable bonds is 8. The zero-order chi connectivity index (χ0) is 20.8. The summed E-state index contributed by atoms with van der Waals surface area (Å²) in [6.07, 6.45) is 0.281. The number of halogens is 2. The molecule has 0 saturated carbocycles. The maximum Gasteiger partial charge on any atom is 0.165 e. The smallest absolute Gasteiger partial charge is 0.165 e. The maximum absolute atomic E-state index is 12.9. The first kappa shape index (κ1) is 21.5. The highest BCUT2D eigenvalue weighted by Gasteiger charge is 2.19. The zero-order valence-corrected chi connectivity index (χ0v) is 19.0. The Morgan fingerprint density at radius 1 is 0.966 bits per heavy atom. The van der Waals surface area contributed by atoms with Crippen LogP contribution < -0.4 is 14.8 Å². The molecule has 150 valence electrons. The van der Waals surface area contributed by atoms with E-state index < -0.39 is 0 Å². The second kappa shape index (κ2) is 9.98. The summed E-state index contributed by atoms with van der Waals surface area (Å²) in [5, 5.41) is 4.08. The molecule has 0 radical (unpaired) electrons. The van der Waals surface area contributed by atoms with Crippen LogP contribution in [0.3, 0.4) is 0 Å². The van der Waals surface area contributed by atoms with Gasteiger partial charge in [0.2, 0.25) is 0 Å². The van der Waals surface area contributed by atoms with Crippen molar-refractivity contribution >= 4 is 45.7 Å². The normalized spacial score (nSPS) is 11.6. The van der Waals surface area contributed by atoms with Crippen LogP contribution in [0.15, 0.2) is 66.7 Å². The van der Waals surface area contributed by atoms with Gasteiger partial charge in [-0.2, -0.15) is 0 Å². The highest BCUT2D eigenvalue weighted by molar-refractivity contribution is 14.1. The van der Waals surface area contributed by atoms with Gasteiger partial charge in [-0.3, -0.25) is 4.79 Å². The van der Waals surface area contributed by atoms with E-state index in [0.29, 0.717) is 22.1 Å². The van der Waals surface area contributed by atoms with E-state index in [1.165, 1.54) is 0 Å². The van der Waals surface area contributed by atoms with Gasteiger partial charge in [0.1, 0.15) is 0 Å². The second-order valence-electron chi connectivity index (χ2n) is 6.45. The van der Waals surface area contributed by atoms with Gasteiger partial charge in [-0.15, -0.1) is 0 Å². The van der Waals surface area contributed by atoms with Gasteiger partial charge in [-0.05, 0) is 88.8 Å². The number of methoxy groups -OCH3 is 2. The first-order chi connectivity index (χ1) is 14.0. The number of carbonyl (C=O) groups excluding carboxylic acids is 1. The van der Waals surface area contributed by atoms with Crippen molar-refractivity contribution in [3.8, 4) is 11.5 Å². The molecular weight excluding hydrogens is 501 g/mol. The van der Waals surface area contributed by atoms with Gasteiger partial charge >= 0.3 is 0 Å². The van der Waals surface area contributed by atoms with Crippen LogP contribution in [0.2, 0.25) is 5.02 Å². The molecule has 0 aromatic heterocycles. The van der Waals surface area contributed by atoms with E-state index in [4.69, 9.17) is 21.1 Å². The summed E-state index contributed by atoms with van der Waals surface area (Å²) in [6.45, 7) is 0. The average molecular weight is 522 g/mol. The molecule has 0 aliphatic heterocycles. The molecule has 3 rings (SSSR count). The van der Waals surface area contributed by atoms with Crippen LogP contribution in [0.5, 0.6) is 11.5 Å². The van der Waals surface area contributed by atoms with Crippen molar-refractivity contribution in [2.24, 2.45) is 0 Å². The molecular formula is C23H21ClINO3. The van der Waals surface area contributed by atoms with Gasteiger partial charge in [-0.1, -0.05) is 17.7 Å². The Labute approximate surface area is 189 Å². The molecule has 0 heterocycles. The fourth-order valence-electron chi connectivity index (χ4n) is 3.01. The SMILES string of the molecule is COc1ccc(C(CC(=O)c2ccc(Cl)cc2)Nc2ccc(I)cc2)cc1OC. The van der Waals surface area contributed by atoms with Crippen molar-refractivity contribution in [3.05, 3.63) is 86.4 Å². The van der Waals surface area contributed by atoms with Crippen LogP contribution in [0.4, 0.5) is 5.69 Å². The fourth-order valence-corrected chi connectivity index (χ4v) is 3.49. The number of nitrogens with one attached hydrogen (secondary N) is 1. The van der Waals surface area contributed by atoms with Gasteiger partial charge in [-0.25, -0.2) is 0 Å². The lowest BCUT2D eigenvalue weighted by Gasteiger charge is -2.21. The molecule has 1 N–H and O–H groups in total. The number of carbonyl (C=O) groups is 1. The van der Waals surface area contributed by atoms with E-state index in [1.807, 2.05) is 42.5 Å². The molecule has 4 nitrogen and oxygen atoms in total. The zero-order valence-electron chi connectivity index (χ0n) is 16.1. The predicted octanol–water partition coefficient (Wildman–Crippen LogP) is 6.39. The van der Waals surface area contributed by atoms with E-state index in [0.717, 1.165) is 14.8 Å². The number of ketones is 1. The standard InChI is InChI=1S/C23H21ClINO3/c1-28-22-12-5-16(13-23(22)29-2)20(26-19-10-8-18(25)9-11-19)14-21(27)15-3-6-17(24)7-4-15/h3-13,20,26H,14H2,1-2H3. The summed E-state index contributed by atoms with van der Waals surface area (Å²) in [4.78, 5) is 12.9. The van der Waals surface area contributed by atoms with E-state index >= 15 is 0 Å². The van der Waals surface area contributed by atoms with Crippen molar-refractivity contribution < 1.29 is 14.3 Å². The third-order valence-corrected chi connectivity index (χ3v) is 5.52. The first-order valence-corrected chi connectivity index (χ1v) is 10.5. The number of anilines is 1. The van der Waals surface area contributed by atoms with Gasteiger partial charge < -0.3 is 14.8 Å². The molecule has 1 atom stereocenters. The van der Waals surface area contributed by atoms with Crippen LogP contribution in [0.25, 0.3) is 0 Å². The van der Waals surface area contributed by atoms with Crippen LogP contribution in [0, 0.1) is 3.57 Å². The van der Waals surface area contributed by atoms with Crippen LogP contribution >= 0.6 is 34.2 Å². The van der Waals surface area contributed by atoms with Crippen molar-refractivity contribution in [1.29, 1.82) is 0 Å². The third kappa shape index (κ3) is 5.64. The number of benzene rings is 3. The lowest BCUT2D eigenvalue weighted by Crippen LogP contribution is -2.16. The van der Waals surface area contributed by atoms with Crippen LogP contribution in [-0.2, 0) is 0 Å². The van der Waals surface area contributed by atoms with E-state index in [-0.39, 0.29) is 18.2 Å². The Morgan fingerprint density at radius 2 is 1.62 bits per heavy atom. The first-order valence-electron chi connectivity index (χ1n) is 9.03. The monoisotopic (exact) mass is 521 g/mol. The Morgan fingerprint density at radius 3 is 2.24 bits per heavy atom. The Hall–Kier alpha value is -2.25. The lowest BCUT2D eigenvalue weighted by molar-refractivity contribution is 0.0976. The summed E-state index contributed by atoms with van der Waals surface area (Å²) < 4.78 is 11.9. The molecule has 0 saturated heterocycles. The summed E-state index contributed by atoms with van der Waals surface area (Å²) in [5.74, 6) is 1.30. The number of hydrogen-bond acceptors (Lipinski definition) is 4. The van der Waals surface area contributed by atoms with Crippen molar-refractivity contribution in [2.45, 2.75) is 12.5 Å². The minimum atomic E-state index is -0.238. The molecule has 0 aliphatic rings. The van der Waals surface area contributed by atoms with Crippen LogP contribution in [0.1, 0.15) is 28.4 Å². The van der Waals surface area contributed by atoms with Gasteiger partial charge in [0.15, 0.2) is 17.3 Å². The number of ether oxygens (including phenoxy) is 2. The summed E-state index contributed by atoms with van der Waals surface area (Å²) in [5.41, 5.74) is 2.50. The fraction of sp³-hybridized carbons (Fsp3) is 0.174. The predicted molar refractivity (Wildman–Crippen MR) is 125 cm³/mol. The molecule has 0 spiro atoms. The summed E-state index contributed by atoms with van der Waals surface area (Å²) in [7, 11) is 3.20. The maximum atomic E-state index is 12.9. The van der Waals surface area contributed by atoms with Crippen molar-refractivity contribution in [3.63, 3.8) is 0 Å². The number of hydrogen-bond donors (Lipinski definition) is 1. The van der Waals surface area contributed by atoms with Gasteiger partial charge in [0, 0.05) is 26.3 Å². The third-order valence-electron chi connectivity index (χ3n) is 4.55. The highest BCUT2D eigenvalue weighted by atomic mass is 127. The molecule has 0 aliphatic carbocycles. The van der Waals surface area contributed by atoms with E-state index in [2.05, 4.69) is 27.9 Å². The summed E-state index contributed by atoms with van der Waals surface area (Å²) in [6, 6.07) is 20.5. The molecule has 0 bridgehead atoms. The molecule has 3 aromatic carbocycles. The van der Waals surface area contributed by atoms with Crippen molar-refractivity contribution in [1.82, 2.24) is 0 Å². The molecule has 29 heavy (non-hydrogen) atoms. The van der Waals surface area contributed by atoms with Crippen molar-refractivity contribution in [2.75, 3.05) is 19.5 Å². The molecule has 0 amide bonds. The van der Waals surface area contributed by atoms with Crippen LogP contribution in [-0.4, -0.2) is 20.0 Å².